The Labute approximate surface area is 194 Å². The summed E-state index contributed by atoms with van der Waals surface area (Å²) in [4.78, 5) is 28.0. The van der Waals surface area contributed by atoms with Gasteiger partial charge in [0.2, 0.25) is 15.9 Å². The number of hydrogen-bond acceptors (Lipinski definition) is 4. The predicted octanol–water partition coefficient (Wildman–Crippen LogP) is 3.94. The number of hydrogen-bond donors (Lipinski definition) is 1. The van der Waals surface area contributed by atoms with Crippen molar-refractivity contribution in [3.8, 4) is 11.1 Å². The molecule has 8 nitrogen and oxygen atoms in total. The third-order valence-electron chi connectivity index (χ3n) is 6.16. The van der Waals surface area contributed by atoms with Gasteiger partial charge in [-0.3, -0.25) is 14.0 Å². The van der Waals surface area contributed by atoms with Crippen molar-refractivity contribution in [2.24, 2.45) is 5.92 Å². The van der Waals surface area contributed by atoms with Crippen molar-refractivity contribution < 1.29 is 23.1 Å². The largest absolute Gasteiger partial charge is 0.465 e. The van der Waals surface area contributed by atoms with E-state index in [-0.39, 0.29) is 24.4 Å². The van der Waals surface area contributed by atoms with Crippen molar-refractivity contribution in [2.75, 3.05) is 33.5 Å². The molecular weight excluding hydrogens is 442 g/mol. The minimum Gasteiger partial charge on any atom is -0.465 e. The minimum absolute atomic E-state index is 0.0186. The highest BCUT2D eigenvalue weighted by Gasteiger charge is 2.35. The number of carbonyl (C=O) groups excluding carboxylic acids is 1. The molecular formula is C24H29N3O5S. The Morgan fingerprint density at radius 1 is 1.06 bits per heavy atom. The lowest BCUT2D eigenvalue weighted by atomic mass is 9.98. The lowest BCUT2D eigenvalue weighted by Crippen LogP contribution is -2.51. The van der Waals surface area contributed by atoms with Crippen LogP contribution in [0.2, 0.25) is 0 Å². The number of sulfonamides is 1. The molecule has 1 N–H and O–H groups in total. The second-order valence-corrected chi connectivity index (χ2v) is 11.1. The van der Waals surface area contributed by atoms with Crippen LogP contribution in [0.4, 0.5) is 21.9 Å². The highest BCUT2D eigenvalue weighted by atomic mass is 32.2. The van der Waals surface area contributed by atoms with Gasteiger partial charge < -0.3 is 10.0 Å². The van der Waals surface area contributed by atoms with E-state index >= 15 is 0 Å². The summed E-state index contributed by atoms with van der Waals surface area (Å²) in [5.41, 5.74) is 4.38. The average molecular weight is 472 g/mol. The Morgan fingerprint density at radius 3 is 2.30 bits per heavy atom. The van der Waals surface area contributed by atoms with E-state index in [1.807, 2.05) is 45.0 Å². The van der Waals surface area contributed by atoms with Crippen LogP contribution in [0.1, 0.15) is 32.8 Å². The smallest absolute Gasteiger partial charge is 0.411 e. The number of carboxylic acid groups (broad SMARTS) is 1. The van der Waals surface area contributed by atoms with Crippen LogP contribution in [0, 0.1) is 5.92 Å². The summed E-state index contributed by atoms with van der Waals surface area (Å²) in [6.45, 7) is 6.44. The van der Waals surface area contributed by atoms with Crippen LogP contribution in [0.25, 0.3) is 11.1 Å². The summed E-state index contributed by atoms with van der Waals surface area (Å²) in [7, 11) is -3.33. The van der Waals surface area contributed by atoms with Gasteiger partial charge in [-0.05, 0) is 60.2 Å². The monoisotopic (exact) mass is 471 g/mol. The minimum atomic E-state index is -3.33. The van der Waals surface area contributed by atoms with Gasteiger partial charge in [0, 0.05) is 19.5 Å². The van der Waals surface area contributed by atoms with Gasteiger partial charge in [-0.2, -0.15) is 0 Å². The number of benzene rings is 2. The lowest BCUT2D eigenvalue weighted by Gasteiger charge is -2.40. The molecule has 0 bridgehead atoms. The zero-order valence-corrected chi connectivity index (χ0v) is 20.1. The van der Waals surface area contributed by atoms with Crippen LogP contribution in [-0.4, -0.2) is 50.9 Å². The summed E-state index contributed by atoms with van der Waals surface area (Å²) >= 11 is 0. The van der Waals surface area contributed by atoms with Crippen LogP contribution in [0.15, 0.2) is 36.4 Å². The summed E-state index contributed by atoms with van der Waals surface area (Å²) in [5, 5.41) is 9.83. The molecule has 33 heavy (non-hydrogen) atoms. The van der Waals surface area contributed by atoms with Crippen molar-refractivity contribution >= 4 is 39.1 Å². The van der Waals surface area contributed by atoms with Crippen molar-refractivity contribution in [3.63, 3.8) is 0 Å². The molecule has 0 spiro atoms. The van der Waals surface area contributed by atoms with Crippen molar-refractivity contribution in [3.05, 3.63) is 42.0 Å². The Kier molecular flexibility index (Phi) is 5.86. The Hall–Kier alpha value is -3.07. The van der Waals surface area contributed by atoms with E-state index in [4.69, 9.17) is 0 Å². The number of anilines is 3. The SMILES string of the molecule is CC(C)CC(=O)N1c2ccc(-c3ccc4c(c3)CCN4S(C)(=O)=O)cc2N(C(=O)O)C[C@@H]1C. The molecule has 2 heterocycles. The van der Waals surface area contributed by atoms with Crippen molar-refractivity contribution in [2.45, 2.75) is 39.7 Å². The van der Waals surface area contributed by atoms with Gasteiger partial charge >= 0.3 is 6.09 Å². The summed E-state index contributed by atoms with van der Waals surface area (Å²) < 4.78 is 25.5. The molecule has 2 aliphatic heterocycles. The maximum atomic E-state index is 13.0. The molecule has 2 aromatic carbocycles. The fourth-order valence-electron chi connectivity index (χ4n) is 4.71. The molecule has 0 unspecified atom stereocenters. The van der Waals surface area contributed by atoms with Crippen molar-refractivity contribution in [1.29, 1.82) is 0 Å². The van der Waals surface area contributed by atoms with E-state index in [1.165, 1.54) is 15.5 Å². The van der Waals surface area contributed by atoms with Crippen LogP contribution in [0.3, 0.4) is 0 Å². The fraction of sp³-hybridized carbons (Fsp3) is 0.417. The molecule has 4 rings (SSSR count). The number of fused-ring (bicyclic) bond motifs is 2. The molecule has 1 atom stereocenters. The first kappa shape index (κ1) is 23.1. The summed E-state index contributed by atoms with van der Waals surface area (Å²) in [6.07, 6.45) is 1.15. The number of carbonyl (C=O) groups is 2. The molecule has 176 valence electrons. The van der Waals surface area contributed by atoms with E-state index in [0.717, 1.165) is 16.7 Å². The molecule has 2 amide bonds. The van der Waals surface area contributed by atoms with Gasteiger partial charge in [0.1, 0.15) is 0 Å². The molecule has 0 aromatic heterocycles. The number of nitrogens with zero attached hydrogens (tertiary/aromatic N) is 3. The number of rotatable bonds is 4. The second-order valence-electron chi connectivity index (χ2n) is 9.24. The first-order valence-electron chi connectivity index (χ1n) is 11.0. The highest BCUT2D eigenvalue weighted by molar-refractivity contribution is 7.92. The van der Waals surface area contributed by atoms with Crippen LogP contribution < -0.4 is 14.1 Å². The first-order chi connectivity index (χ1) is 15.5. The molecule has 9 heteroatoms. The quantitative estimate of drug-likeness (QED) is 0.728. The summed E-state index contributed by atoms with van der Waals surface area (Å²) in [6, 6.07) is 10.8. The molecule has 0 aliphatic carbocycles. The van der Waals surface area contributed by atoms with Crippen LogP contribution in [-0.2, 0) is 21.2 Å². The third kappa shape index (κ3) is 4.29. The summed E-state index contributed by atoms with van der Waals surface area (Å²) in [5.74, 6) is 0.178. The maximum Gasteiger partial charge on any atom is 0.411 e. The Morgan fingerprint density at radius 2 is 1.70 bits per heavy atom. The molecule has 0 saturated heterocycles. The standard InChI is InChI=1S/C24H29N3O5S/c1-15(2)11-23(28)27-16(3)14-25(24(29)30)22-13-18(6-8-21(22)27)17-5-7-20-19(12-17)9-10-26(20)33(4,31)32/h5-8,12-13,15-16H,9-11,14H2,1-4H3,(H,29,30)/t16-/m0/s1. The Bertz CT molecular complexity index is 1220. The van der Waals surface area contributed by atoms with Gasteiger partial charge in [0.15, 0.2) is 0 Å². The zero-order chi connectivity index (χ0) is 24.1. The van der Waals surface area contributed by atoms with Crippen LogP contribution in [0.5, 0.6) is 0 Å². The molecule has 2 aliphatic rings. The highest BCUT2D eigenvalue weighted by Crippen LogP contribution is 2.41. The molecule has 0 fully saturated rings. The zero-order valence-electron chi connectivity index (χ0n) is 19.3. The van der Waals surface area contributed by atoms with Crippen molar-refractivity contribution in [1.82, 2.24) is 0 Å². The predicted molar refractivity (Wildman–Crippen MR) is 130 cm³/mol. The topological polar surface area (TPSA) is 98.2 Å². The van der Waals surface area contributed by atoms with E-state index in [0.29, 0.717) is 36.4 Å². The van der Waals surface area contributed by atoms with E-state index < -0.39 is 16.1 Å². The normalized spacial score (nSPS) is 17.8. The van der Waals surface area contributed by atoms with Gasteiger partial charge in [-0.15, -0.1) is 0 Å². The van der Waals surface area contributed by atoms with Crippen LogP contribution >= 0.6 is 0 Å². The van der Waals surface area contributed by atoms with E-state index in [1.54, 1.807) is 17.0 Å². The molecule has 0 radical (unpaired) electrons. The first-order valence-corrected chi connectivity index (χ1v) is 12.9. The van der Waals surface area contributed by atoms with Gasteiger partial charge in [0.25, 0.3) is 0 Å². The van der Waals surface area contributed by atoms with Gasteiger partial charge in [-0.25, -0.2) is 13.2 Å². The maximum absolute atomic E-state index is 13.0. The van der Waals surface area contributed by atoms with Gasteiger partial charge in [0.05, 0.1) is 29.4 Å². The fourth-order valence-corrected chi connectivity index (χ4v) is 5.67. The number of amides is 2. The van der Waals surface area contributed by atoms with Gasteiger partial charge in [-0.1, -0.05) is 26.0 Å². The van der Waals surface area contributed by atoms with E-state index in [2.05, 4.69) is 0 Å². The van der Waals surface area contributed by atoms with E-state index in [9.17, 15) is 23.1 Å². The second kappa shape index (κ2) is 8.37. The molecule has 2 aromatic rings. The lowest BCUT2D eigenvalue weighted by molar-refractivity contribution is -0.119. The molecule has 0 saturated carbocycles. The Balaban J connectivity index is 1.76. The average Bonchev–Trinajstić information content (AvgIpc) is 3.15. The third-order valence-corrected chi connectivity index (χ3v) is 7.34.